The highest BCUT2D eigenvalue weighted by Gasteiger charge is 2.21. The molecule has 0 aliphatic heterocycles. The van der Waals surface area contributed by atoms with Crippen molar-refractivity contribution in [2.75, 3.05) is 0 Å². The summed E-state index contributed by atoms with van der Waals surface area (Å²) < 4.78 is 21.8. The second kappa shape index (κ2) is 9.83. The number of halogens is 3. The molecule has 0 N–H and O–H groups in total. The van der Waals surface area contributed by atoms with E-state index in [4.69, 9.17) is 27.9 Å². The van der Waals surface area contributed by atoms with Crippen LogP contribution in [0.1, 0.15) is 38.3 Å². The maximum atomic E-state index is 14.0. The molecule has 1 atom stereocenters. The van der Waals surface area contributed by atoms with Gasteiger partial charge in [0.25, 0.3) is 0 Å². The second-order valence-corrected chi connectivity index (χ2v) is 8.85. The molecule has 8 heteroatoms. The molecule has 0 amide bonds. The molecule has 0 aliphatic rings. The van der Waals surface area contributed by atoms with Crippen molar-refractivity contribution >= 4 is 35.0 Å². The average Bonchev–Trinajstić information content (AvgIpc) is 3.05. The van der Waals surface area contributed by atoms with Crippen LogP contribution < -0.4 is 4.74 Å². The predicted molar refractivity (Wildman–Crippen MR) is 116 cm³/mol. The van der Waals surface area contributed by atoms with E-state index in [2.05, 4.69) is 24.0 Å². The van der Waals surface area contributed by atoms with Crippen molar-refractivity contribution in [1.29, 1.82) is 0 Å². The molecule has 2 aromatic carbocycles. The van der Waals surface area contributed by atoms with Gasteiger partial charge in [-0.1, -0.05) is 67.0 Å². The van der Waals surface area contributed by atoms with Crippen LogP contribution in [0.4, 0.5) is 4.39 Å². The predicted octanol–water partition coefficient (Wildman–Crippen LogP) is 6.81. The Labute approximate surface area is 184 Å². The van der Waals surface area contributed by atoms with Gasteiger partial charge in [-0.05, 0) is 42.7 Å². The van der Waals surface area contributed by atoms with Crippen LogP contribution in [0.2, 0.25) is 10.0 Å². The van der Waals surface area contributed by atoms with Crippen LogP contribution >= 0.6 is 35.0 Å². The molecule has 154 valence electrons. The summed E-state index contributed by atoms with van der Waals surface area (Å²) in [6.45, 7) is 6.81. The van der Waals surface area contributed by atoms with Gasteiger partial charge in [0.15, 0.2) is 28.7 Å². The molecular formula is C21H22Cl2FN3OS. The highest BCUT2D eigenvalue weighted by Crippen LogP contribution is 2.30. The number of benzene rings is 2. The van der Waals surface area contributed by atoms with Gasteiger partial charge in [0.05, 0.1) is 0 Å². The Bertz CT molecular complexity index is 980. The fourth-order valence-electron chi connectivity index (χ4n) is 2.81. The molecule has 1 heterocycles. The van der Waals surface area contributed by atoms with Gasteiger partial charge in [-0.2, -0.15) is 0 Å². The van der Waals surface area contributed by atoms with Gasteiger partial charge in [0, 0.05) is 22.3 Å². The zero-order chi connectivity index (χ0) is 21.0. The number of ether oxygens (including phenoxy) is 1. The molecule has 0 bridgehead atoms. The van der Waals surface area contributed by atoms with E-state index in [9.17, 15) is 4.39 Å². The van der Waals surface area contributed by atoms with E-state index in [0.29, 0.717) is 27.5 Å². The van der Waals surface area contributed by atoms with Crippen molar-refractivity contribution in [1.82, 2.24) is 14.8 Å². The van der Waals surface area contributed by atoms with Crippen LogP contribution in [0, 0.1) is 11.7 Å². The van der Waals surface area contributed by atoms with E-state index in [1.54, 1.807) is 36.0 Å². The summed E-state index contributed by atoms with van der Waals surface area (Å²) in [7, 11) is 0. The molecule has 1 unspecified atom stereocenters. The molecule has 0 radical (unpaired) electrons. The van der Waals surface area contributed by atoms with Crippen molar-refractivity contribution in [3.05, 3.63) is 69.7 Å². The summed E-state index contributed by atoms with van der Waals surface area (Å²) in [4.78, 5) is 0. The van der Waals surface area contributed by atoms with Gasteiger partial charge < -0.3 is 9.30 Å². The van der Waals surface area contributed by atoms with Gasteiger partial charge in [0.1, 0.15) is 0 Å². The zero-order valence-electron chi connectivity index (χ0n) is 16.4. The third kappa shape index (κ3) is 5.65. The fraction of sp³-hybridized carbons (Fsp3) is 0.333. The summed E-state index contributed by atoms with van der Waals surface area (Å²) in [6, 6.07) is 11.8. The Morgan fingerprint density at radius 3 is 2.55 bits per heavy atom. The van der Waals surface area contributed by atoms with Crippen molar-refractivity contribution in [2.24, 2.45) is 5.92 Å². The maximum absolute atomic E-state index is 14.0. The van der Waals surface area contributed by atoms with Crippen LogP contribution in [0.15, 0.2) is 47.6 Å². The minimum atomic E-state index is -0.452. The Kier molecular flexibility index (Phi) is 7.44. The van der Waals surface area contributed by atoms with Gasteiger partial charge in [0.2, 0.25) is 0 Å². The number of hydrogen-bond donors (Lipinski definition) is 0. The lowest BCUT2D eigenvalue weighted by molar-refractivity contribution is 0.198. The highest BCUT2D eigenvalue weighted by atomic mass is 35.5. The molecular weight excluding hydrogens is 432 g/mol. The van der Waals surface area contributed by atoms with E-state index >= 15 is 0 Å². The first-order chi connectivity index (χ1) is 13.8. The molecule has 3 rings (SSSR count). The summed E-state index contributed by atoms with van der Waals surface area (Å²) in [5.41, 5.74) is 0.970. The van der Waals surface area contributed by atoms with Gasteiger partial charge >= 0.3 is 0 Å². The zero-order valence-corrected chi connectivity index (χ0v) is 18.7. The van der Waals surface area contributed by atoms with Crippen molar-refractivity contribution < 1.29 is 9.13 Å². The lowest BCUT2D eigenvalue weighted by atomic mass is 10.2. The average molecular weight is 454 g/mol. The maximum Gasteiger partial charge on any atom is 0.191 e. The number of thioether (sulfide) groups is 1. The number of rotatable bonds is 8. The third-order valence-electron chi connectivity index (χ3n) is 4.17. The van der Waals surface area contributed by atoms with E-state index in [1.165, 1.54) is 6.07 Å². The minimum absolute atomic E-state index is 0.196. The number of nitrogens with zero attached hydrogens (tertiary/aromatic N) is 3. The highest BCUT2D eigenvalue weighted by molar-refractivity contribution is 7.98. The summed E-state index contributed by atoms with van der Waals surface area (Å²) in [6.07, 6.45) is -0.452. The van der Waals surface area contributed by atoms with E-state index in [-0.39, 0.29) is 5.75 Å². The molecule has 3 aromatic rings. The first-order valence-electron chi connectivity index (χ1n) is 9.26. The first kappa shape index (κ1) is 21.9. The topological polar surface area (TPSA) is 39.9 Å². The van der Waals surface area contributed by atoms with Crippen LogP contribution in [-0.2, 0) is 12.3 Å². The molecule has 29 heavy (non-hydrogen) atoms. The summed E-state index contributed by atoms with van der Waals surface area (Å²) >= 11 is 13.8. The number of aromatic nitrogens is 3. The molecule has 4 nitrogen and oxygen atoms in total. The Hall–Kier alpha value is -1.76. The van der Waals surface area contributed by atoms with E-state index < -0.39 is 11.9 Å². The summed E-state index contributed by atoms with van der Waals surface area (Å²) in [5.74, 6) is 1.47. The van der Waals surface area contributed by atoms with Gasteiger partial charge in [-0.15, -0.1) is 10.2 Å². The number of para-hydroxylation sites is 1. The van der Waals surface area contributed by atoms with Gasteiger partial charge in [-0.25, -0.2) is 4.39 Å². The standard InChI is InChI=1S/C21H22Cl2FN3OS/c1-13(2)11-27-20(14(3)28-19-7-5-4-6-18(19)24)25-26-21(27)29-12-15-8-9-16(22)10-17(15)23/h4-10,13-14H,11-12H2,1-3H3. The monoisotopic (exact) mass is 453 g/mol. The normalized spacial score (nSPS) is 12.4. The molecule has 1 aromatic heterocycles. The van der Waals surface area contributed by atoms with Crippen LogP contribution in [0.25, 0.3) is 0 Å². The second-order valence-electron chi connectivity index (χ2n) is 7.06. The minimum Gasteiger partial charge on any atom is -0.480 e. The van der Waals surface area contributed by atoms with Crippen LogP contribution in [-0.4, -0.2) is 14.8 Å². The van der Waals surface area contributed by atoms with Crippen LogP contribution in [0.3, 0.4) is 0 Å². The van der Waals surface area contributed by atoms with Gasteiger partial charge in [-0.3, -0.25) is 0 Å². The molecule has 0 spiro atoms. The number of hydrogen-bond acceptors (Lipinski definition) is 4. The quantitative estimate of drug-likeness (QED) is 0.351. The smallest absolute Gasteiger partial charge is 0.191 e. The Morgan fingerprint density at radius 1 is 1.10 bits per heavy atom. The Balaban J connectivity index is 1.81. The third-order valence-corrected chi connectivity index (χ3v) is 5.77. The van der Waals surface area contributed by atoms with E-state index in [1.807, 2.05) is 23.6 Å². The lowest BCUT2D eigenvalue weighted by Crippen LogP contribution is -2.15. The van der Waals surface area contributed by atoms with E-state index in [0.717, 1.165) is 17.3 Å². The molecule has 0 saturated carbocycles. The van der Waals surface area contributed by atoms with Crippen molar-refractivity contribution in [3.63, 3.8) is 0 Å². The Morgan fingerprint density at radius 2 is 1.86 bits per heavy atom. The first-order valence-corrected chi connectivity index (χ1v) is 11.0. The van der Waals surface area contributed by atoms with Crippen molar-refractivity contribution in [2.45, 2.75) is 44.3 Å². The molecule has 0 aliphatic carbocycles. The summed E-state index contributed by atoms with van der Waals surface area (Å²) in [5, 5.41) is 10.7. The fourth-order valence-corrected chi connectivity index (χ4v) is 4.32. The molecule has 0 saturated heterocycles. The van der Waals surface area contributed by atoms with Crippen molar-refractivity contribution in [3.8, 4) is 5.75 Å². The lowest BCUT2D eigenvalue weighted by Gasteiger charge is -2.18. The largest absolute Gasteiger partial charge is 0.480 e. The molecule has 0 fully saturated rings. The van der Waals surface area contributed by atoms with Crippen LogP contribution in [0.5, 0.6) is 5.75 Å². The SMILES string of the molecule is CC(C)Cn1c(SCc2ccc(Cl)cc2Cl)nnc1C(C)Oc1ccccc1F.